The van der Waals surface area contributed by atoms with Crippen LogP contribution in [0.4, 0.5) is 13.2 Å². The third-order valence-electron chi connectivity index (χ3n) is 2.97. The van der Waals surface area contributed by atoms with Crippen molar-refractivity contribution in [2.75, 3.05) is 11.5 Å². The van der Waals surface area contributed by atoms with Crippen LogP contribution in [-0.2, 0) is 4.79 Å². The van der Waals surface area contributed by atoms with Gasteiger partial charge in [-0.3, -0.25) is 0 Å². The van der Waals surface area contributed by atoms with Crippen LogP contribution in [0, 0.1) is 11.8 Å². The standard InChI is InChI=1S/C11H17F3OS/c12-11(13,14)5-6-16-8-10-3-1-9(7-15)2-4-10/h7,9-10H,1-6,8H2. The van der Waals surface area contributed by atoms with Gasteiger partial charge in [-0.15, -0.1) is 0 Å². The van der Waals surface area contributed by atoms with Gasteiger partial charge in [-0.05, 0) is 37.4 Å². The van der Waals surface area contributed by atoms with Crippen LogP contribution in [0.1, 0.15) is 32.1 Å². The van der Waals surface area contributed by atoms with Gasteiger partial charge in [0.25, 0.3) is 0 Å². The maximum Gasteiger partial charge on any atom is 0.389 e. The molecule has 0 aromatic rings. The van der Waals surface area contributed by atoms with Crippen molar-refractivity contribution in [1.29, 1.82) is 0 Å². The average Bonchev–Trinajstić information content (AvgIpc) is 2.24. The molecule has 1 nitrogen and oxygen atoms in total. The molecular weight excluding hydrogens is 237 g/mol. The zero-order valence-corrected chi connectivity index (χ0v) is 9.95. The molecule has 0 bridgehead atoms. The van der Waals surface area contributed by atoms with Crippen LogP contribution in [0.5, 0.6) is 0 Å². The molecule has 0 aliphatic heterocycles. The van der Waals surface area contributed by atoms with E-state index >= 15 is 0 Å². The Bertz CT molecular complexity index is 210. The topological polar surface area (TPSA) is 17.1 Å². The van der Waals surface area contributed by atoms with Gasteiger partial charge in [0.1, 0.15) is 6.29 Å². The summed E-state index contributed by atoms with van der Waals surface area (Å²) < 4.78 is 35.6. The molecule has 16 heavy (non-hydrogen) atoms. The molecule has 0 N–H and O–H groups in total. The Hall–Kier alpha value is -0.190. The van der Waals surface area contributed by atoms with Gasteiger partial charge in [-0.1, -0.05) is 0 Å². The van der Waals surface area contributed by atoms with Gasteiger partial charge in [0.15, 0.2) is 0 Å². The van der Waals surface area contributed by atoms with Crippen molar-refractivity contribution in [3.05, 3.63) is 0 Å². The van der Waals surface area contributed by atoms with Crippen LogP contribution in [0.2, 0.25) is 0 Å². The number of carbonyl (C=O) groups excluding carboxylic acids is 1. The van der Waals surface area contributed by atoms with E-state index in [1.165, 1.54) is 11.8 Å². The highest BCUT2D eigenvalue weighted by Gasteiger charge is 2.26. The molecule has 0 unspecified atom stereocenters. The van der Waals surface area contributed by atoms with Crippen molar-refractivity contribution in [2.45, 2.75) is 38.3 Å². The second-order valence-corrected chi connectivity index (χ2v) is 5.51. The molecule has 1 rings (SSSR count). The van der Waals surface area contributed by atoms with Gasteiger partial charge >= 0.3 is 6.18 Å². The van der Waals surface area contributed by atoms with E-state index in [9.17, 15) is 18.0 Å². The van der Waals surface area contributed by atoms with Crippen molar-refractivity contribution >= 4 is 18.0 Å². The van der Waals surface area contributed by atoms with Crippen molar-refractivity contribution in [3.63, 3.8) is 0 Å². The van der Waals surface area contributed by atoms with E-state index in [1.807, 2.05) is 0 Å². The minimum absolute atomic E-state index is 0.164. The molecule has 0 aromatic heterocycles. The van der Waals surface area contributed by atoms with Gasteiger partial charge < -0.3 is 4.79 Å². The molecule has 0 aromatic carbocycles. The lowest BCUT2D eigenvalue weighted by atomic mass is 9.84. The summed E-state index contributed by atoms with van der Waals surface area (Å²) in [4.78, 5) is 10.5. The Morgan fingerprint density at radius 3 is 2.31 bits per heavy atom. The van der Waals surface area contributed by atoms with Crippen LogP contribution < -0.4 is 0 Å². The second-order valence-electron chi connectivity index (χ2n) is 4.36. The van der Waals surface area contributed by atoms with E-state index in [0.29, 0.717) is 5.92 Å². The lowest BCUT2D eigenvalue weighted by Gasteiger charge is -2.25. The van der Waals surface area contributed by atoms with Crippen molar-refractivity contribution in [2.24, 2.45) is 11.8 Å². The number of carbonyl (C=O) groups is 1. The summed E-state index contributed by atoms with van der Waals surface area (Å²) in [5.41, 5.74) is 0. The predicted octanol–water partition coefficient (Wildman–Crippen LogP) is 3.68. The number of thioether (sulfide) groups is 1. The molecule has 94 valence electrons. The highest BCUT2D eigenvalue weighted by molar-refractivity contribution is 7.99. The number of halogens is 3. The summed E-state index contributed by atoms with van der Waals surface area (Å²) in [6, 6.07) is 0. The van der Waals surface area contributed by atoms with Crippen LogP contribution in [0.15, 0.2) is 0 Å². The molecule has 0 atom stereocenters. The molecule has 1 aliphatic carbocycles. The Balaban J connectivity index is 2.04. The molecule has 0 amide bonds. The SMILES string of the molecule is O=CC1CCC(CSCCC(F)(F)F)CC1. The fourth-order valence-electron chi connectivity index (χ4n) is 1.93. The lowest BCUT2D eigenvalue weighted by molar-refractivity contribution is -0.129. The van der Waals surface area contributed by atoms with Gasteiger partial charge in [-0.2, -0.15) is 24.9 Å². The Labute approximate surface area is 98.2 Å². The highest BCUT2D eigenvalue weighted by atomic mass is 32.2. The third kappa shape index (κ3) is 5.77. The predicted molar refractivity (Wildman–Crippen MR) is 59.5 cm³/mol. The fourth-order valence-corrected chi connectivity index (χ4v) is 3.14. The summed E-state index contributed by atoms with van der Waals surface area (Å²) in [5, 5.41) is 0. The quantitative estimate of drug-likeness (QED) is 0.550. The molecule has 0 radical (unpaired) electrons. The molecule has 0 heterocycles. The molecule has 0 saturated heterocycles. The van der Waals surface area contributed by atoms with Crippen molar-refractivity contribution < 1.29 is 18.0 Å². The number of alkyl halides is 3. The van der Waals surface area contributed by atoms with Crippen LogP contribution >= 0.6 is 11.8 Å². The summed E-state index contributed by atoms with van der Waals surface area (Å²) in [6.45, 7) is 0. The smallest absolute Gasteiger partial charge is 0.303 e. The molecule has 1 fully saturated rings. The number of hydrogen-bond donors (Lipinski definition) is 0. The molecule has 5 heteroatoms. The van der Waals surface area contributed by atoms with Crippen LogP contribution in [-0.4, -0.2) is 24.0 Å². The first-order valence-corrected chi connectivity index (χ1v) is 6.76. The van der Waals surface area contributed by atoms with Gasteiger partial charge in [0, 0.05) is 11.7 Å². The number of hydrogen-bond acceptors (Lipinski definition) is 2. The lowest BCUT2D eigenvalue weighted by Crippen LogP contribution is -2.17. The van der Waals surface area contributed by atoms with Crippen LogP contribution in [0.25, 0.3) is 0 Å². The molecular formula is C11H17F3OS. The van der Waals surface area contributed by atoms with Gasteiger partial charge in [0.2, 0.25) is 0 Å². The zero-order chi connectivity index (χ0) is 12.0. The average molecular weight is 254 g/mol. The van der Waals surface area contributed by atoms with Gasteiger partial charge in [-0.25, -0.2) is 0 Å². The zero-order valence-electron chi connectivity index (χ0n) is 9.13. The Kier molecular flexibility index (Phi) is 5.66. The fraction of sp³-hybridized carbons (Fsp3) is 0.909. The minimum atomic E-state index is -4.03. The first kappa shape index (κ1) is 13.9. The van der Waals surface area contributed by atoms with E-state index in [1.54, 1.807) is 0 Å². The number of aldehydes is 1. The first-order valence-electron chi connectivity index (χ1n) is 5.61. The van der Waals surface area contributed by atoms with E-state index in [4.69, 9.17) is 0 Å². The number of rotatable bonds is 5. The maximum atomic E-state index is 11.9. The van der Waals surface area contributed by atoms with Gasteiger partial charge in [0.05, 0.1) is 6.42 Å². The maximum absolute atomic E-state index is 11.9. The van der Waals surface area contributed by atoms with Crippen molar-refractivity contribution in [3.8, 4) is 0 Å². The summed E-state index contributed by atoms with van der Waals surface area (Å²) in [6.07, 6.45) is 0.0867. The monoisotopic (exact) mass is 254 g/mol. The van der Waals surface area contributed by atoms with E-state index < -0.39 is 12.6 Å². The highest BCUT2D eigenvalue weighted by Crippen LogP contribution is 2.31. The molecule has 0 spiro atoms. The minimum Gasteiger partial charge on any atom is -0.303 e. The van der Waals surface area contributed by atoms with Crippen molar-refractivity contribution in [1.82, 2.24) is 0 Å². The molecule has 1 saturated carbocycles. The van der Waals surface area contributed by atoms with E-state index in [2.05, 4.69) is 0 Å². The summed E-state index contributed by atoms with van der Waals surface area (Å²) in [5.74, 6) is 1.67. The Morgan fingerprint density at radius 2 is 1.81 bits per heavy atom. The summed E-state index contributed by atoms with van der Waals surface area (Å²) >= 11 is 1.39. The first-order chi connectivity index (χ1) is 7.51. The molecule has 1 aliphatic rings. The normalized spacial score (nSPS) is 26.7. The van der Waals surface area contributed by atoms with E-state index in [-0.39, 0.29) is 11.7 Å². The largest absolute Gasteiger partial charge is 0.389 e. The second kappa shape index (κ2) is 6.52. The third-order valence-corrected chi connectivity index (χ3v) is 4.17. The Morgan fingerprint density at radius 1 is 1.19 bits per heavy atom. The van der Waals surface area contributed by atoms with E-state index in [0.717, 1.165) is 37.7 Å². The summed E-state index contributed by atoms with van der Waals surface area (Å²) in [7, 11) is 0. The van der Waals surface area contributed by atoms with Crippen LogP contribution in [0.3, 0.4) is 0 Å².